The summed E-state index contributed by atoms with van der Waals surface area (Å²) in [5.74, 6) is 0.178. The van der Waals surface area contributed by atoms with Gasteiger partial charge < -0.3 is 4.74 Å². The summed E-state index contributed by atoms with van der Waals surface area (Å²) in [5.41, 5.74) is 1.32. The van der Waals surface area contributed by atoms with Crippen molar-refractivity contribution in [3.63, 3.8) is 0 Å². The van der Waals surface area contributed by atoms with E-state index in [0.717, 1.165) is 10.4 Å². The molecule has 2 nitrogen and oxygen atoms in total. The molecule has 0 amide bonds. The Morgan fingerprint density at radius 3 is 2.65 bits per heavy atom. The number of para-hydroxylation sites is 1. The second-order valence-electron chi connectivity index (χ2n) is 3.61. The van der Waals surface area contributed by atoms with E-state index >= 15 is 0 Å². The van der Waals surface area contributed by atoms with Gasteiger partial charge in [-0.05, 0) is 30.0 Å². The van der Waals surface area contributed by atoms with Crippen molar-refractivity contribution >= 4 is 22.9 Å². The maximum Gasteiger partial charge on any atom is 0.344 e. The molecule has 2 aromatic rings. The summed E-state index contributed by atoms with van der Waals surface area (Å²) < 4.78 is 5.30. The highest BCUT2D eigenvalue weighted by atomic mass is 32.1. The highest BCUT2D eigenvalue weighted by Gasteiger charge is 2.13. The highest BCUT2D eigenvalue weighted by molar-refractivity contribution is 7.11. The van der Waals surface area contributed by atoms with Gasteiger partial charge in [-0.1, -0.05) is 30.8 Å². The van der Waals surface area contributed by atoms with Crippen LogP contribution in [0.5, 0.6) is 5.75 Å². The molecule has 0 aliphatic heterocycles. The molecule has 1 aromatic carbocycles. The molecule has 2 rings (SSSR count). The number of carbonyl (C=O) groups excluding carboxylic acids is 1. The lowest BCUT2D eigenvalue weighted by molar-refractivity contribution is -0.127. The van der Waals surface area contributed by atoms with Gasteiger partial charge in [-0.2, -0.15) is 0 Å². The van der Waals surface area contributed by atoms with Gasteiger partial charge in [0.1, 0.15) is 5.75 Å². The van der Waals surface area contributed by atoms with E-state index in [4.69, 9.17) is 4.74 Å². The third-order valence-corrected chi connectivity index (χ3v) is 3.29. The number of carbonyl (C=O) groups is 1. The molecule has 0 atom stereocenters. The third-order valence-electron chi connectivity index (χ3n) is 2.36. The van der Waals surface area contributed by atoms with Crippen LogP contribution in [-0.4, -0.2) is 5.97 Å². The summed E-state index contributed by atoms with van der Waals surface area (Å²) in [7, 11) is 0. The Balaban J connectivity index is 2.13. The van der Waals surface area contributed by atoms with Crippen LogP contribution in [0.25, 0.3) is 5.57 Å². The number of aryl methyl sites for hydroxylation is 1. The van der Waals surface area contributed by atoms with Gasteiger partial charge in [-0.25, -0.2) is 4.79 Å². The van der Waals surface area contributed by atoms with Crippen LogP contribution in [0.2, 0.25) is 0 Å². The highest BCUT2D eigenvalue weighted by Crippen LogP contribution is 2.22. The molecule has 17 heavy (non-hydrogen) atoms. The van der Waals surface area contributed by atoms with E-state index in [9.17, 15) is 4.79 Å². The second-order valence-corrected chi connectivity index (χ2v) is 4.56. The van der Waals surface area contributed by atoms with Crippen LogP contribution in [0.1, 0.15) is 10.4 Å². The SMILES string of the molecule is C=C(C(=O)Oc1ccccc1C)c1cccs1. The maximum absolute atomic E-state index is 11.8. The Labute approximate surface area is 104 Å². The lowest BCUT2D eigenvalue weighted by Gasteiger charge is -2.07. The van der Waals surface area contributed by atoms with Gasteiger partial charge in [0.05, 0.1) is 5.57 Å². The van der Waals surface area contributed by atoms with Crippen molar-refractivity contribution in [3.05, 3.63) is 58.8 Å². The lowest BCUT2D eigenvalue weighted by atomic mass is 10.2. The summed E-state index contributed by atoms with van der Waals surface area (Å²) in [5, 5.41) is 1.90. The molecule has 3 heteroatoms. The summed E-state index contributed by atoms with van der Waals surface area (Å²) in [6.45, 7) is 5.66. The van der Waals surface area contributed by atoms with E-state index in [1.54, 1.807) is 6.07 Å². The minimum absolute atomic E-state index is 0.392. The minimum atomic E-state index is -0.401. The third kappa shape index (κ3) is 2.63. The molecule has 1 heterocycles. The van der Waals surface area contributed by atoms with Gasteiger partial charge in [0, 0.05) is 4.88 Å². The summed E-state index contributed by atoms with van der Waals surface area (Å²) in [6.07, 6.45) is 0. The molecule has 0 N–H and O–H groups in total. The van der Waals surface area contributed by atoms with Crippen LogP contribution in [0.15, 0.2) is 48.4 Å². The van der Waals surface area contributed by atoms with Gasteiger partial charge >= 0.3 is 5.97 Å². The van der Waals surface area contributed by atoms with E-state index in [0.29, 0.717) is 11.3 Å². The topological polar surface area (TPSA) is 26.3 Å². The van der Waals surface area contributed by atoms with Crippen molar-refractivity contribution in [3.8, 4) is 5.75 Å². The zero-order valence-electron chi connectivity index (χ0n) is 9.47. The molecular formula is C14H12O2S. The number of ether oxygens (including phenoxy) is 1. The fourth-order valence-electron chi connectivity index (χ4n) is 1.38. The first-order valence-corrected chi connectivity index (χ1v) is 6.07. The van der Waals surface area contributed by atoms with E-state index in [1.807, 2.05) is 42.6 Å². The zero-order chi connectivity index (χ0) is 12.3. The van der Waals surface area contributed by atoms with E-state index in [-0.39, 0.29) is 0 Å². The van der Waals surface area contributed by atoms with Crippen molar-refractivity contribution < 1.29 is 9.53 Å². The fraction of sp³-hybridized carbons (Fsp3) is 0.0714. The van der Waals surface area contributed by atoms with Crippen molar-refractivity contribution in [1.29, 1.82) is 0 Å². The maximum atomic E-state index is 11.8. The smallest absolute Gasteiger partial charge is 0.344 e. The van der Waals surface area contributed by atoms with Crippen molar-refractivity contribution in [2.45, 2.75) is 6.92 Å². The molecular weight excluding hydrogens is 232 g/mol. The number of hydrogen-bond donors (Lipinski definition) is 0. The Morgan fingerprint density at radius 1 is 1.24 bits per heavy atom. The Morgan fingerprint density at radius 2 is 2.00 bits per heavy atom. The van der Waals surface area contributed by atoms with Crippen LogP contribution >= 0.6 is 11.3 Å². The standard InChI is InChI=1S/C14H12O2S/c1-10-6-3-4-7-12(10)16-14(15)11(2)13-8-5-9-17-13/h3-9H,2H2,1H3. The van der Waals surface area contributed by atoms with E-state index in [2.05, 4.69) is 6.58 Å². The molecule has 0 bridgehead atoms. The number of thiophene rings is 1. The monoisotopic (exact) mass is 244 g/mol. The molecule has 0 saturated carbocycles. The quantitative estimate of drug-likeness (QED) is 0.468. The van der Waals surface area contributed by atoms with Gasteiger partial charge in [0.15, 0.2) is 0 Å². The Hall–Kier alpha value is -1.87. The van der Waals surface area contributed by atoms with E-state index < -0.39 is 5.97 Å². The minimum Gasteiger partial charge on any atom is -0.423 e. The largest absolute Gasteiger partial charge is 0.423 e. The molecule has 0 fully saturated rings. The molecule has 0 aliphatic rings. The van der Waals surface area contributed by atoms with Gasteiger partial charge in [-0.3, -0.25) is 0 Å². The average molecular weight is 244 g/mol. The predicted molar refractivity (Wildman–Crippen MR) is 70.2 cm³/mol. The first-order valence-electron chi connectivity index (χ1n) is 5.19. The first kappa shape index (κ1) is 11.6. The van der Waals surface area contributed by atoms with Crippen LogP contribution in [-0.2, 0) is 4.79 Å². The van der Waals surface area contributed by atoms with Gasteiger partial charge in [-0.15, -0.1) is 11.3 Å². The summed E-state index contributed by atoms with van der Waals surface area (Å²) in [4.78, 5) is 12.7. The number of hydrogen-bond acceptors (Lipinski definition) is 3. The van der Waals surface area contributed by atoms with Crippen LogP contribution in [0.4, 0.5) is 0 Å². The molecule has 0 radical (unpaired) electrons. The summed E-state index contributed by atoms with van der Waals surface area (Å²) >= 11 is 1.47. The molecule has 86 valence electrons. The molecule has 0 aliphatic carbocycles. The fourth-order valence-corrected chi connectivity index (χ4v) is 2.07. The van der Waals surface area contributed by atoms with Gasteiger partial charge in [0.25, 0.3) is 0 Å². The summed E-state index contributed by atoms with van der Waals surface area (Å²) in [6, 6.07) is 11.1. The van der Waals surface area contributed by atoms with E-state index in [1.165, 1.54) is 11.3 Å². The van der Waals surface area contributed by atoms with Crippen LogP contribution in [0.3, 0.4) is 0 Å². The number of benzene rings is 1. The lowest BCUT2D eigenvalue weighted by Crippen LogP contribution is -2.09. The Bertz CT molecular complexity index is 541. The number of esters is 1. The molecule has 0 saturated heterocycles. The molecule has 0 spiro atoms. The van der Waals surface area contributed by atoms with Crippen molar-refractivity contribution in [2.24, 2.45) is 0 Å². The molecule has 1 aromatic heterocycles. The second kappa shape index (κ2) is 4.97. The van der Waals surface area contributed by atoms with Crippen LogP contribution in [0, 0.1) is 6.92 Å². The Kier molecular flexibility index (Phi) is 3.40. The predicted octanol–water partition coefficient (Wildman–Crippen LogP) is 3.68. The van der Waals surface area contributed by atoms with Crippen molar-refractivity contribution in [2.75, 3.05) is 0 Å². The average Bonchev–Trinajstić information content (AvgIpc) is 2.84. The molecule has 0 unspecified atom stereocenters. The zero-order valence-corrected chi connectivity index (χ0v) is 10.3. The first-order chi connectivity index (χ1) is 8.18. The van der Waals surface area contributed by atoms with Crippen LogP contribution < -0.4 is 4.74 Å². The van der Waals surface area contributed by atoms with Gasteiger partial charge in [0.2, 0.25) is 0 Å². The van der Waals surface area contributed by atoms with Crippen molar-refractivity contribution in [1.82, 2.24) is 0 Å². The number of rotatable bonds is 3. The normalized spacial score (nSPS) is 9.94.